The van der Waals surface area contributed by atoms with Crippen molar-refractivity contribution in [1.82, 2.24) is 20.0 Å². The van der Waals surface area contributed by atoms with Gasteiger partial charge in [-0.25, -0.2) is 16.3 Å². The Kier molecular flexibility index (Phi) is 9.60. The van der Waals surface area contributed by atoms with Crippen molar-refractivity contribution in [3.63, 3.8) is 0 Å². The highest BCUT2D eigenvalue weighted by Crippen LogP contribution is 2.46. The highest BCUT2D eigenvalue weighted by Gasteiger charge is 2.56. The van der Waals surface area contributed by atoms with Crippen molar-refractivity contribution in [2.24, 2.45) is 5.41 Å². The fraction of sp³-hybridized carbons (Fsp3) is 0.432. The van der Waals surface area contributed by atoms with E-state index in [0.29, 0.717) is 67.3 Å². The van der Waals surface area contributed by atoms with Crippen LogP contribution in [0.4, 0.5) is 22.7 Å². The Morgan fingerprint density at radius 1 is 0.797 bits per heavy atom. The van der Waals surface area contributed by atoms with E-state index in [1.165, 1.54) is 0 Å². The molecule has 1 spiro atoms. The van der Waals surface area contributed by atoms with Crippen LogP contribution in [0.5, 0.6) is 0 Å². The van der Waals surface area contributed by atoms with Crippen molar-refractivity contribution in [3.8, 4) is 0 Å². The second-order valence-corrected chi connectivity index (χ2v) is 17.3. The maximum atomic E-state index is 13.6. The van der Waals surface area contributed by atoms with Crippen LogP contribution in [0.15, 0.2) is 60.7 Å². The first-order valence-electron chi connectivity index (χ1n) is 20.2. The quantitative estimate of drug-likeness (QED) is 0.269. The van der Waals surface area contributed by atoms with E-state index in [-0.39, 0.29) is 35.3 Å². The van der Waals surface area contributed by atoms with Crippen LogP contribution >= 0.6 is 11.6 Å². The lowest BCUT2D eigenvalue weighted by Gasteiger charge is -2.50. The second-order valence-electron chi connectivity index (χ2n) is 16.9. The summed E-state index contributed by atoms with van der Waals surface area (Å²) >= 11 is 6.38. The Labute approximate surface area is 347 Å². The van der Waals surface area contributed by atoms with E-state index in [4.69, 9.17) is 24.7 Å². The zero-order valence-corrected chi connectivity index (χ0v) is 33.6. The molecule has 59 heavy (non-hydrogen) atoms. The lowest BCUT2D eigenvalue weighted by Crippen LogP contribution is -2.71. The fourth-order valence-electron chi connectivity index (χ4n) is 10.1. The largest absolute Gasteiger partial charge is 0.371 e. The first-order chi connectivity index (χ1) is 28.4. The Balaban J connectivity index is 0.767. The van der Waals surface area contributed by atoms with Crippen LogP contribution in [0.1, 0.15) is 70.1 Å². The summed E-state index contributed by atoms with van der Waals surface area (Å²) in [6.45, 7) is 23.5. The van der Waals surface area contributed by atoms with Gasteiger partial charge in [0, 0.05) is 85.9 Å². The summed E-state index contributed by atoms with van der Waals surface area (Å²) in [6, 6.07) is 18.1. The van der Waals surface area contributed by atoms with Crippen molar-refractivity contribution in [3.05, 3.63) is 105 Å². The number of nitrogens with zero attached hydrogens (tertiary/aromatic N) is 8. The van der Waals surface area contributed by atoms with E-state index < -0.39 is 35.3 Å². The summed E-state index contributed by atoms with van der Waals surface area (Å²) in [5, 5.41) is 2.72. The average molecular weight is 814 g/mol. The number of fused-ring (bicyclic) bond motifs is 1. The van der Waals surface area contributed by atoms with Crippen LogP contribution in [0.2, 0.25) is 5.02 Å². The Bertz CT molecular complexity index is 2350. The van der Waals surface area contributed by atoms with Crippen LogP contribution in [0.25, 0.3) is 9.69 Å². The molecule has 302 valence electrons. The molecule has 0 saturated carbocycles. The molecule has 0 aliphatic carbocycles. The highest BCUT2D eigenvalue weighted by molar-refractivity contribution is 6.33. The third-order valence-electron chi connectivity index (χ3n) is 13.5. The number of hydrogen-bond donors (Lipinski definition) is 1. The van der Waals surface area contributed by atoms with Crippen molar-refractivity contribution in [1.29, 1.82) is 0 Å². The third-order valence-corrected chi connectivity index (χ3v) is 13.8. The molecule has 1 unspecified atom stereocenters. The fourth-order valence-corrected chi connectivity index (χ4v) is 10.3. The third kappa shape index (κ3) is 6.64. The number of piperazine rings is 1. The van der Waals surface area contributed by atoms with E-state index >= 15 is 0 Å². The molecule has 5 amide bonds. The van der Waals surface area contributed by atoms with Crippen LogP contribution in [-0.2, 0) is 9.59 Å². The molecule has 6 aliphatic heterocycles. The molecule has 0 radical (unpaired) electrons. The van der Waals surface area contributed by atoms with Crippen LogP contribution in [0, 0.1) is 18.6 Å². The number of carbonyl (C=O) groups is 5. The van der Waals surface area contributed by atoms with E-state index in [1.807, 2.05) is 40.1 Å². The van der Waals surface area contributed by atoms with Gasteiger partial charge in [0.25, 0.3) is 17.7 Å². The normalized spacial score (nSPS) is 23.8. The Morgan fingerprint density at radius 3 is 2.14 bits per heavy atom. The van der Waals surface area contributed by atoms with Crippen molar-refractivity contribution in [2.75, 3.05) is 73.6 Å². The molecule has 6 aliphatic rings. The van der Waals surface area contributed by atoms with Gasteiger partial charge in [0.2, 0.25) is 17.5 Å². The molecule has 3 aromatic carbocycles. The first-order valence-corrected chi connectivity index (χ1v) is 20.6. The minimum atomic E-state index is -1.03. The number of anilines is 3. The van der Waals surface area contributed by atoms with Gasteiger partial charge in [0.15, 0.2) is 0 Å². The molecule has 1 N–H and O–H groups in total. The zero-order valence-electron chi connectivity index (χ0n) is 32.8. The van der Waals surface area contributed by atoms with E-state index in [2.05, 4.69) is 48.8 Å². The molecule has 3 aromatic rings. The van der Waals surface area contributed by atoms with Gasteiger partial charge in [-0.1, -0.05) is 17.7 Å². The van der Waals surface area contributed by atoms with Gasteiger partial charge in [0.05, 0.1) is 17.7 Å². The van der Waals surface area contributed by atoms with Crippen molar-refractivity contribution < 1.29 is 24.0 Å². The van der Waals surface area contributed by atoms with E-state index in [9.17, 15) is 24.0 Å². The molecule has 15 heteroatoms. The summed E-state index contributed by atoms with van der Waals surface area (Å²) in [5.74, 6) is -2.20. The van der Waals surface area contributed by atoms with Gasteiger partial charge in [-0.3, -0.25) is 39.0 Å². The van der Waals surface area contributed by atoms with Crippen molar-refractivity contribution >= 4 is 63.9 Å². The monoisotopic (exact) mass is 813 g/mol. The minimum Gasteiger partial charge on any atom is -0.371 e. The minimum absolute atomic E-state index is 0.0193. The Morgan fingerprint density at radius 2 is 1.47 bits per heavy atom. The average Bonchev–Trinajstić information content (AvgIpc) is 3.68. The topological polar surface area (TPSA) is 126 Å². The van der Waals surface area contributed by atoms with Gasteiger partial charge in [-0.15, -0.1) is 0 Å². The smallest absolute Gasteiger partial charge is 0.323 e. The molecule has 0 aromatic heterocycles. The van der Waals surface area contributed by atoms with Gasteiger partial charge in [-0.2, -0.15) is 0 Å². The number of halogens is 1. The molecule has 6 heterocycles. The maximum absolute atomic E-state index is 13.6. The Hall–Kier alpha value is -5.96. The summed E-state index contributed by atoms with van der Waals surface area (Å²) < 4.78 is 0. The number of rotatable bonds is 6. The molecule has 5 saturated heterocycles. The summed E-state index contributed by atoms with van der Waals surface area (Å²) in [6.07, 6.45) is 3.42. The van der Waals surface area contributed by atoms with Crippen LogP contribution < -0.4 is 20.0 Å². The predicted octanol–water partition coefficient (Wildman–Crippen LogP) is 5.07. The molecule has 9 rings (SSSR count). The van der Waals surface area contributed by atoms with Gasteiger partial charge < -0.3 is 19.6 Å². The molecule has 2 atom stereocenters. The lowest BCUT2D eigenvalue weighted by atomic mass is 9.76. The number of nitrogens with one attached hydrogen (secondary N) is 1. The first kappa shape index (κ1) is 38.6. The number of imide groups is 2. The molecule has 5 fully saturated rings. The summed E-state index contributed by atoms with van der Waals surface area (Å²) in [5.41, 5.74) is 3.92. The summed E-state index contributed by atoms with van der Waals surface area (Å²) in [4.78, 5) is 83.6. The number of amides is 5. The molecule has 14 nitrogen and oxygen atoms in total. The zero-order chi connectivity index (χ0) is 41.2. The van der Waals surface area contributed by atoms with Crippen LogP contribution in [-0.4, -0.2) is 121 Å². The van der Waals surface area contributed by atoms with Gasteiger partial charge in [-0.05, 0) is 92.6 Å². The standard InChI is InChI=1S/C44H44ClN9O5/c1-28-24-43(25-53(28)32-9-11-36(46-2)35(45)23-32)14-16-49(17-15-43)30-6-4-29(5-7-30)40(57)50-18-20-52(21-19-50)44(47-3)26-51(27-44)31-8-10-33-34(22-31)42(59)54(41(33)58)37-12-13-38(55)48-39(37)56/h4-11,22-23,28,37H,12-21,24-27H2,1H3,(H,48,55,56)/t28-,37?/m0/s1. The molecule has 0 bridgehead atoms. The molecular formula is C44H44ClN9O5. The van der Waals surface area contributed by atoms with Crippen LogP contribution in [0.3, 0.4) is 0 Å². The number of carbonyl (C=O) groups excluding carboxylic acids is 5. The van der Waals surface area contributed by atoms with E-state index in [0.717, 1.165) is 55.2 Å². The number of benzene rings is 3. The lowest BCUT2D eigenvalue weighted by molar-refractivity contribution is -0.136. The van der Waals surface area contributed by atoms with E-state index in [1.54, 1.807) is 18.2 Å². The van der Waals surface area contributed by atoms with Crippen molar-refractivity contribution in [2.45, 2.75) is 56.8 Å². The van der Waals surface area contributed by atoms with Gasteiger partial charge in [0.1, 0.15) is 19.1 Å². The predicted molar refractivity (Wildman–Crippen MR) is 222 cm³/mol. The summed E-state index contributed by atoms with van der Waals surface area (Å²) in [7, 11) is 0. The second kappa shape index (κ2) is 14.7. The maximum Gasteiger partial charge on any atom is 0.323 e. The SMILES string of the molecule is [C-]#[N+]c1ccc(N2CC3(CCN(c4ccc(C(=O)N5CCN(C6([N+]#[C-])CN(c7ccc8c(c7)C(=O)N(C7CCC(=O)NC7=O)C8=O)C6)CC5)cc4)CC3)C[C@@H]2C)cc1Cl. The highest BCUT2D eigenvalue weighted by atomic mass is 35.5. The number of piperidine rings is 2. The number of hydrogen-bond acceptors (Lipinski definition) is 9. The van der Waals surface area contributed by atoms with Gasteiger partial charge >= 0.3 is 5.66 Å². The molecular weight excluding hydrogens is 770 g/mol.